The average Bonchev–Trinajstić information content (AvgIpc) is 2.43. The van der Waals surface area contributed by atoms with Crippen LogP contribution in [-0.2, 0) is 6.42 Å². The zero-order valence-electron chi connectivity index (χ0n) is 11.8. The van der Waals surface area contributed by atoms with Crippen LogP contribution < -0.4 is 11.3 Å². The van der Waals surface area contributed by atoms with E-state index in [-0.39, 0.29) is 6.04 Å². The molecule has 3 N–H and O–H groups in total. The number of hydrogen-bond acceptors (Lipinski definition) is 2. The third-order valence-corrected chi connectivity index (χ3v) is 3.69. The van der Waals surface area contributed by atoms with Gasteiger partial charge in [-0.2, -0.15) is 0 Å². The van der Waals surface area contributed by atoms with E-state index < -0.39 is 0 Å². The van der Waals surface area contributed by atoms with Crippen molar-refractivity contribution in [2.45, 2.75) is 32.2 Å². The molecule has 0 aliphatic carbocycles. The molecular formula is C17H21ClN2. The fourth-order valence-corrected chi connectivity index (χ4v) is 2.77. The van der Waals surface area contributed by atoms with E-state index in [0.717, 1.165) is 35.4 Å². The Balaban J connectivity index is 1.95. The zero-order chi connectivity index (χ0) is 14.4. The molecular weight excluding hydrogens is 268 g/mol. The second kappa shape index (κ2) is 7.44. The molecule has 0 bridgehead atoms. The minimum atomic E-state index is 0.149. The maximum Gasteiger partial charge on any atom is 0.0460 e. The van der Waals surface area contributed by atoms with Gasteiger partial charge in [-0.15, -0.1) is 0 Å². The number of rotatable bonds is 6. The summed E-state index contributed by atoms with van der Waals surface area (Å²) in [6, 6.07) is 16.8. The molecule has 1 unspecified atom stereocenters. The highest BCUT2D eigenvalue weighted by molar-refractivity contribution is 6.30. The smallest absolute Gasteiger partial charge is 0.0460 e. The van der Waals surface area contributed by atoms with Gasteiger partial charge in [0.25, 0.3) is 0 Å². The third-order valence-electron chi connectivity index (χ3n) is 3.47. The van der Waals surface area contributed by atoms with Gasteiger partial charge in [0.15, 0.2) is 0 Å². The SMILES string of the molecule is Cc1cc(Cl)cc(C(CCCc2ccccc2)NN)c1. The standard InChI is InChI=1S/C17H21ClN2/c1-13-10-15(12-16(18)11-13)17(20-19)9-5-8-14-6-3-2-4-7-14/h2-4,6-7,10-12,17,20H,5,8-9,19H2,1H3. The number of aryl methyl sites for hydroxylation is 2. The number of hydrogen-bond donors (Lipinski definition) is 2. The highest BCUT2D eigenvalue weighted by Crippen LogP contribution is 2.23. The largest absolute Gasteiger partial charge is 0.271 e. The molecule has 2 nitrogen and oxygen atoms in total. The monoisotopic (exact) mass is 288 g/mol. The summed E-state index contributed by atoms with van der Waals surface area (Å²) in [6.45, 7) is 2.05. The van der Waals surface area contributed by atoms with Crippen molar-refractivity contribution in [3.8, 4) is 0 Å². The van der Waals surface area contributed by atoms with Crippen LogP contribution in [0, 0.1) is 6.92 Å². The van der Waals surface area contributed by atoms with E-state index in [1.165, 1.54) is 5.56 Å². The van der Waals surface area contributed by atoms with Gasteiger partial charge in [0.2, 0.25) is 0 Å². The van der Waals surface area contributed by atoms with Crippen molar-refractivity contribution in [3.63, 3.8) is 0 Å². The molecule has 0 amide bonds. The molecule has 2 aromatic rings. The van der Waals surface area contributed by atoms with E-state index >= 15 is 0 Å². The van der Waals surface area contributed by atoms with E-state index in [1.807, 2.05) is 25.1 Å². The molecule has 0 spiro atoms. The molecule has 20 heavy (non-hydrogen) atoms. The van der Waals surface area contributed by atoms with Crippen molar-refractivity contribution in [2.24, 2.45) is 5.84 Å². The zero-order valence-corrected chi connectivity index (χ0v) is 12.5. The van der Waals surface area contributed by atoms with Crippen LogP contribution >= 0.6 is 11.6 Å². The van der Waals surface area contributed by atoms with Gasteiger partial charge in [0, 0.05) is 11.1 Å². The lowest BCUT2D eigenvalue weighted by Gasteiger charge is -2.17. The minimum Gasteiger partial charge on any atom is -0.271 e. The lowest BCUT2D eigenvalue weighted by molar-refractivity contribution is 0.498. The Hall–Kier alpha value is -1.35. The lowest BCUT2D eigenvalue weighted by Crippen LogP contribution is -2.28. The summed E-state index contributed by atoms with van der Waals surface area (Å²) in [5, 5.41) is 0.767. The minimum absolute atomic E-state index is 0.149. The van der Waals surface area contributed by atoms with E-state index in [0.29, 0.717) is 0 Å². The van der Waals surface area contributed by atoms with E-state index in [9.17, 15) is 0 Å². The number of nitrogens with two attached hydrogens (primary N) is 1. The lowest BCUT2D eigenvalue weighted by atomic mass is 9.98. The highest BCUT2D eigenvalue weighted by atomic mass is 35.5. The molecule has 2 aromatic carbocycles. The first-order valence-electron chi connectivity index (χ1n) is 6.96. The van der Waals surface area contributed by atoms with E-state index in [4.69, 9.17) is 17.4 Å². The summed E-state index contributed by atoms with van der Waals surface area (Å²) >= 11 is 6.11. The maximum atomic E-state index is 6.11. The molecule has 0 aliphatic rings. The summed E-state index contributed by atoms with van der Waals surface area (Å²) < 4.78 is 0. The maximum absolute atomic E-state index is 6.11. The first kappa shape index (κ1) is 15.0. The van der Waals surface area contributed by atoms with Gasteiger partial charge in [-0.25, -0.2) is 0 Å². The van der Waals surface area contributed by atoms with Crippen molar-refractivity contribution in [2.75, 3.05) is 0 Å². The van der Waals surface area contributed by atoms with Crippen molar-refractivity contribution < 1.29 is 0 Å². The van der Waals surface area contributed by atoms with Crippen LogP contribution in [0.5, 0.6) is 0 Å². The molecule has 106 valence electrons. The summed E-state index contributed by atoms with van der Waals surface area (Å²) in [5.74, 6) is 5.69. The molecule has 0 saturated carbocycles. The number of benzene rings is 2. The summed E-state index contributed by atoms with van der Waals surface area (Å²) in [4.78, 5) is 0. The second-order valence-corrected chi connectivity index (χ2v) is 5.60. The summed E-state index contributed by atoms with van der Waals surface area (Å²) in [5.41, 5.74) is 6.59. The Kier molecular flexibility index (Phi) is 5.60. The molecule has 2 rings (SSSR count). The molecule has 0 fully saturated rings. The van der Waals surface area contributed by atoms with Crippen LogP contribution in [0.25, 0.3) is 0 Å². The fourth-order valence-electron chi connectivity index (χ4n) is 2.47. The predicted octanol–water partition coefficient (Wildman–Crippen LogP) is 4.18. The van der Waals surface area contributed by atoms with Crippen molar-refractivity contribution in [1.82, 2.24) is 5.43 Å². The van der Waals surface area contributed by atoms with E-state index in [1.54, 1.807) is 0 Å². The number of hydrazine groups is 1. The second-order valence-electron chi connectivity index (χ2n) is 5.16. The Labute approximate surface area is 125 Å². The van der Waals surface area contributed by atoms with Crippen LogP contribution in [-0.4, -0.2) is 0 Å². The first-order valence-corrected chi connectivity index (χ1v) is 7.34. The molecule has 1 atom stereocenters. The van der Waals surface area contributed by atoms with Crippen LogP contribution in [0.15, 0.2) is 48.5 Å². The van der Waals surface area contributed by atoms with E-state index in [2.05, 4.69) is 35.8 Å². The van der Waals surface area contributed by atoms with Gasteiger partial charge < -0.3 is 0 Å². The average molecular weight is 289 g/mol. The van der Waals surface area contributed by atoms with Gasteiger partial charge in [-0.1, -0.05) is 48.0 Å². The third kappa shape index (κ3) is 4.34. The quantitative estimate of drug-likeness (QED) is 0.618. The molecule has 0 saturated heterocycles. The van der Waals surface area contributed by atoms with Crippen LogP contribution in [0.2, 0.25) is 5.02 Å². The molecule has 3 heteroatoms. The topological polar surface area (TPSA) is 38.0 Å². The Morgan fingerprint density at radius 1 is 1.15 bits per heavy atom. The Morgan fingerprint density at radius 3 is 2.55 bits per heavy atom. The Morgan fingerprint density at radius 2 is 1.90 bits per heavy atom. The van der Waals surface area contributed by atoms with Gasteiger partial charge in [-0.3, -0.25) is 11.3 Å². The van der Waals surface area contributed by atoms with Gasteiger partial charge in [0.1, 0.15) is 0 Å². The van der Waals surface area contributed by atoms with Crippen molar-refractivity contribution in [3.05, 3.63) is 70.2 Å². The predicted molar refractivity (Wildman–Crippen MR) is 85.6 cm³/mol. The normalized spacial score (nSPS) is 12.3. The van der Waals surface area contributed by atoms with Crippen LogP contribution in [0.1, 0.15) is 35.6 Å². The number of nitrogens with one attached hydrogen (secondary N) is 1. The van der Waals surface area contributed by atoms with Gasteiger partial charge >= 0.3 is 0 Å². The van der Waals surface area contributed by atoms with Gasteiger partial charge in [-0.05, 0) is 55.0 Å². The van der Waals surface area contributed by atoms with Crippen molar-refractivity contribution in [1.29, 1.82) is 0 Å². The molecule has 0 heterocycles. The summed E-state index contributed by atoms with van der Waals surface area (Å²) in [7, 11) is 0. The van der Waals surface area contributed by atoms with Crippen LogP contribution in [0.3, 0.4) is 0 Å². The number of halogens is 1. The molecule has 0 aromatic heterocycles. The summed E-state index contributed by atoms with van der Waals surface area (Å²) in [6.07, 6.45) is 3.15. The van der Waals surface area contributed by atoms with Crippen molar-refractivity contribution >= 4 is 11.6 Å². The Bertz CT molecular complexity index is 520. The fraction of sp³-hybridized carbons (Fsp3) is 0.294. The van der Waals surface area contributed by atoms with Crippen LogP contribution in [0.4, 0.5) is 0 Å². The highest BCUT2D eigenvalue weighted by Gasteiger charge is 2.10. The molecule has 0 radical (unpaired) electrons. The van der Waals surface area contributed by atoms with Gasteiger partial charge in [0.05, 0.1) is 0 Å². The first-order chi connectivity index (χ1) is 9.69. The molecule has 0 aliphatic heterocycles.